The summed E-state index contributed by atoms with van der Waals surface area (Å²) in [4.78, 5) is 13.0. The van der Waals surface area contributed by atoms with E-state index in [1.807, 2.05) is 32.0 Å². The highest BCUT2D eigenvalue weighted by atomic mass is 79.9. The van der Waals surface area contributed by atoms with Crippen LogP contribution in [-0.4, -0.2) is 12.1 Å². The summed E-state index contributed by atoms with van der Waals surface area (Å²) >= 11 is 5.14. The first-order valence-electron chi connectivity index (χ1n) is 6.34. The monoisotopic (exact) mass is 353 g/mol. The summed E-state index contributed by atoms with van der Waals surface area (Å²) in [5, 5.41) is 3.32. The summed E-state index contributed by atoms with van der Waals surface area (Å²) in [5.74, 6) is -0.284. The van der Waals surface area contributed by atoms with Crippen molar-refractivity contribution in [2.75, 3.05) is 5.32 Å². The number of ether oxygens (including phenoxy) is 1. The smallest absolute Gasteiger partial charge is 0.338 e. The topological polar surface area (TPSA) is 38.3 Å². The third kappa shape index (κ3) is 4.35. The summed E-state index contributed by atoms with van der Waals surface area (Å²) in [5.41, 5.74) is 1.55. The molecule has 0 unspecified atom stereocenters. The lowest BCUT2D eigenvalue weighted by atomic mass is 10.2. The fraction of sp³-hybridized carbons (Fsp3) is 0.267. The molecule has 1 N–H and O–H groups in total. The van der Waals surface area contributed by atoms with E-state index < -0.39 is 0 Å². The highest BCUT2D eigenvalue weighted by molar-refractivity contribution is 9.11. The van der Waals surface area contributed by atoms with Crippen molar-refractivity contribution in [3.8, 4) is 0 Å². The maximum atomic E-state index is 11.7. The van der Waals surface area contributed by atoms with Crippen molar-refractivity contribution in [2.24, 2.45) is 0 Å². The molecule has 1 aromatic carbocycles. The molecule has 5 heteroatoms. The van der Waals surface area contributed by atoms with Crippen LogP contribution in [0.5, 0.6) is 0 Å². The predicted molar refractivity (Wildman–Crippen MR) is 86.3 cm³/mol. The average Bonchev–Trinajstić information content (AvgIpc) is 2.82. The van der Waals surface area contributed by atoms with Crippen molar-refractivity contribution in [3.63, 3.8) is 0 Å². The molecule has 0 aliphatic heterocycles. The van der Waals surface area contributed by atoms with Crippen LogP contribution in [0.15, 0.2) is 40.2 Å². The fourth-order valence-corrected chi connectivity index (χ4v) is 3.07. The quantitative estimate of drug-likeness (QED) is 0.792. The average molecular weight is 354 g/mol. The lowest BCUT2D eigenvalue weighted by Crippen LogP contribution is -2.11. The van der Waals surface area contributed by atoms with E-state index in [1.54, 1.807) is 23.5 Å². The number of carbonyl (C=O) groups is 1. The van der Waals surface area contributed by atoms with Crippen LogP contribution >= 0.6 is 27.3 Å². The van der Waals surface area contributed by atoms with E-state index >= 15 is 0 Å². The maximum Gasteiger partial charge on any atom is 0.338 e. The number of esters is 1. The van der Waals surface area contributed by atoms with Crippen LogP contribution in [0.25, 0.3) is 0 Å². The molecular weight excluding hydrogens is 338 g/mol. The van der Waals surface area contributed by atoms with Crippen LogP contribution in [-0.2, 0) is 11.3 Å². The lowest BCUT2D eigenvalue weighted by molar-refractivity contribution is 0.0378. The van der Waals surface area contributed by atoms with E-state index in [9.17, 15) is 4.79 Å². The molecule has 0 saturated carbocycles. The Bertz CT molecular complexity index is 578. The normalized spacial score (nSPS) is 10.6. The van der Waals surface area contributed by atoms with Crippen LogP contribution in [0, 0.1) is 0 Å². The molecule has 2 aromatic rings. The Morgan fingerprint density at radius 3 is 2.50 bits per heavy atom. The van der Waals surface area contributed by atoms with Gasteiger partial charge in [-0.3, -0.25) is 0 Å². The molecule has 3 nitrogen and oxygen atoms in total. The van der Waals surface area contributed by atoms with Gasteiger partial charge in [-0.15, -0.1) is 11.3 Å². The molecule has 0 spiro atoms. The molecule has 0 radical (unpaired) electrons. The van der Waals surface area contributed by atoms with E-state index in [-0.39, 0.29) is 12.1 Å². The standard InChI is InChI=1S/C15H16BrNO2S/c1-10(2)19-15(18)11-3-5-12(6-4-11)17-9-13-7-8-14(16)20-13/h3-8,10,17H,9H2,1-2H3. The molecule has 0 bridgehead atoms. The number of thiophene rings is 1. The highest BCUT2D eigenvalue weighted by Gasteiger charge is 2.08. The van der Waals surface area contributed by atoms with Crippen molar-refractivity contribution < 1.29 is 9.53 Å². The Labute approximate surface area is 131 Å². The second-order valence-electron chi connectivity index (χ2n) is 4.59. The first-order valence-corrected chi connectivity index (χ1v) is 7.94. The van der Waals surface area contributed by atoms with Gasteiger partial charge in [-0.05, 0) is 66.2 Å². The maximum absolute atomic E-state index is 11.7. The molecule has 2 rings (SSSR count). The van der Waals surface area contributed by atoms with Crippen LogP contribution in [0.1, 0.15) is 29.1 Å². The van der Waals surface area contributed by atoms with Gasteiger partial charge < -0.3 is 10.1 Å². The van der Waals surface area contributed by atoms with Gasteiger partial charge in [-0.2, -0.15) is 0 Å². The fourth-order valence-electron chi connectivity index (χ4n) is 1.64. The Morgan fingerprint density at radius 2 is 1.95 bits per heavy atom. The Kier molecular flexibility index (Phi) is 5.20. The summed E-state index contributed by atoms with van der Waals surface area (Å²) in [6.45, 7) is 4.45. The van der Waals surface area contributed by atoms with E-state index in [0.29, 0.717) is 5.56 Å². The number of rotatable bonds is 5. The molecule has 0 fully saturated rings. The molecule has 1 heterocycles. The van der Waals surface area contributed by atoms with Crippen LogP contribution in [0.2, 0.25) is 0 Å². The van der Waals surface area contributed by atoms with Crippen LogP contribution < -0.4 is 5.32 Å². The molecule has 20 heavy (non-hydrogen) atoms. The zero-order valence-corrected chi connectivity index (χ0v) is 13.8. The second-order valence-corrected chi connectivity index (χ2v) is 7.14. The summed E-state index contributed by atoms with van der Waals surface area (Å²) in [6.07, 6.45) is -0.0995. The molecule has 0 aliphatic carbocycles. The summed E-state index contributed by atoms with van der Waals surface area (Å²) < 4.78 is 6.27. The first-order chi connectivity index (χ1) is 9.54. The minimum atomic E-state index is -0.284. The predicted octanol–water partition coefficient (Wildman–Crippen LogP) is 4.69. The Hall–Kier alpha value is -1.33. The number of benzene rings is 1. The molecule has 0 saturated heterocycles. The largest absolute Gasteiger partial charge is 0.459 e. The number of hydrogen-bond donors (Lipinski definition) is 1. The molecule has 1 aromatic heterocycles. The van der Waals surface area contributed by atoms with Gasteiger partial charge in [0.05, 0.1) is 15.5 Å². The highest BCUT2D eigenvalue weighted by Crippen LogP contribution is 2.23. The minimum absolute atomic E-state index is 0.0995. The van der Waals surface area contributed by atoms with E-state index in [4.69, 9.17) is 4.74 Å². The SMILES string of the molecule is CC(C)OC(=O)c1ccc(NCc2ccc(Br)s2)cc1. The summed E-state index contributed by atoms with van der Waals surface area (Å²) in [7, 11) is 0. The van der Waals surface area contributed by atoms with E-state index in [2.05, 4.69) is 27.3 Å². The Morgan fingerprint density at radius 1 is 1.25 bits per heavy atom. The second kappa shape index (κ2) is 6.90. The van der Waals surface area contributed by atoms with Gasteiger partial charge in [0.2, 0.25) is 0 Å². The van der Waals surface area contributed by atoms with E-state index in [0.717, 1.165) is 16.0 Å². The van der Waals surface area contributed by atoms with Gasteiger partial charge in [0.25, 0.3) is 0 Å². The number of hydrogen-bond acceptors (Lipinski definition) is 4. The minimum Gasteiger partial charge on any atom is -0.459 e. The number of halogens is 1. The summed E-state index contributed by atoms with van der Waals surface area (Å²) in [6, 6.07) is 11.4. The number of anilines is 1. The van der Waals surface area contributed by atoms with Crippen molar-refractivity contribution in [1.82, 2.24) is 0 Å². The van der Waals surface area contributed by atoms with Gasteiger partial charge in [-0.25, -0.2) is 4.79 Å². The zero-order chi connectivity index (χ0) is 14.5. The van der Waals surface area contributed by atoms with Crippen molar-refractivity contribution in [3.05, 3.63) is 50.6 Å². The van der Waals surface area contributed by atoms with Crippen LogP contribution in [0.3, 0.4) is 0 Å². The van der Waals surface area contributed by atoms with Gasteiger partial charge in [0, 0.05) is 17.1 Å². The molecule has 0 amide bonds. The first kappa shape index (κ1) is 15.1. The van der Waals surface area contributed by atoms with E-state index in [1.165, 1.54) is 4.88 Å². The third-order valence-electron chi connectivity index (χ3n) is 2.56. The molecule has 0 atom stereocenters. The molecular formula is C15H16BrNO2S. The van der Waals surface area contributed by atoms with Gasteiger partial charge in [0.1, 0.15) is 0 Å². The molecule has 106 valence electrons. The van der Waals surface area contributed by atoms with Crippen molar-refractivity contribution >= 4 is 38.9 Å². The van der Waals surface area contributed by atoms with Crippen molar-refractivity contribution in [2.45, 2.75) is 26.5 Å². The Balaban J connectivity index is 1.93. The zero-order valence-electron chi connectivity index (χ0n) is 11.4. The van der Waals surface area contributed by atoms with Gasteiger partial charge >= 0.3 is 5.97 Å². The lowest BCUT2D eigenvalue weighted by Gasteiger charge is -2.09. The third-order valence-corrected chi connectivity index (χ3v) is 4.18. The van der Waals surface area contributed by atoms with Crippen LogP contribution in [0.4, 0.5) is 5.69 Å². The van der Waals surface area contributed by atoms with Gasteiger partial charge in [0.15, 0.2) is 0 Å². The van der Waals surface area contributed by atoms with Gasteiger partial charge in [-0.1, -0.05) is 0 Å². The number of nitrogens with one attached hydrogen (secondary N) is 1. The van der Waals surface area contributed by atoms with Crippen molar-refractivity contribution in [1.29, 1.82) is 0 Å². The molecule has 0 aliphatic rings. The number of carbonyl (C=O) groups excluding carboxylic acids is 1.